The Labute approximate surface area is 165 Å². The van der Waals surface area contributed by atoms with E-state index in [9.17, 15) is 9.90 Å². The maximum absolute atomic E-state index is 12.8. The molecule has 28 heavy (non-hydrogen) atoms. The van der Waals surface area contributed by atoms with Crippen LogP contribution in [0.1, 0.15) is 11.1 Å². The van der Waals surface area contributed by atoms with Gasteiger partial charge in [-0.3, -0.25) is 0 Å². The van der Waals surface area contributed by atoms with Gasteiger partial charge in [0.05, 0.1) is 12.3 Å². The van der Waals surface area contributed by atoms with Crippen LogP contribution in [0.25, 0.3) is 0 Å². The Hall–Kier alpha value is -3.31. The van der Waals surface area contributed by atoms with Gasteiger partial charge in [-0.25, -0.2) is 4.79 Å². The van der Waals surface area contributed by atoms with E-state index < -0.39 is 0 Å². The normalized spacial score (nSPS) is 10.4. The average Bonchev–Trinajstić information content (AvgIpc) is 2.70. The van der Waals surface area contributed by atoms with Crippen molar-refractivity contribution < 1.29 is 14.6 Å². The van der Waals surface area contributed by atoms with E-state index >= 15 is 0 Å². The highest BCUT2D eigenvalue weighted by Crippen LogP contribution is 2.30. The van der Waals surface area contributed by atoms with Gasteiger partial charge in [0.2, 0.25) is 0 Å². The van der Waals surface area contributed by atoms with Crippen LogP contribution in [0.15, 0.2) is 78.9 Å². The summed E-state index contributed by atoms with van der Waals surface area (Å²) in [5.74, 6) is 1.27. The number of para-hydroxylation sites is 2. The molecule has 0 fully saturated rings. The predicted octanol–water partition coefficient (Wildman–Crippen LogP) is 4.81. The Kier molecular flexibility index (Phi) is 6.65. The van der Waals surface area contributed by atoms with Crippen LogP contribution in [0.5, 0.6) is 11.5 Å². The Morgan fingerprint density at radius 2 is 1.75 bits per heavy atom. The van der Waals surface area contributed by atoms with Crippen LogP contribution in [0, 0.1) is 6.92 Å². The lowest BCUT2D eigenvalue weighted by atomic mass is 10.2. The lowest BCUT2D eigenvalue weighted by molar-refractivity contribution is 0.185. The minimum atomic E-state index is -0.293. The van der Waals surface area contributed by atoms with E-state index in [0.29, 0.717) is 23.7 Å². The van der Waals surface area contributed by atoms with E-state index in [1.165, 1.54) is 0 Å². The predicted molar refractivity (Wildman–Crippen MR) is 111 cm³/mol. The number of carbonyl (C=O) groups excluding carboxylic acids is 1. The summed E-state index contributed by atoms with van der Waals surface area (Å²) in [6, 6.07) is 24.4. The van der Waals surface area contributed by atoms with Gasteiger partial charge in [0.15, 0.2) is 5.75 Å². The van der Waals surface area contributed by atoms with Crippen LogP contribution in [-0.4, -0.2) is 29.2 Å². The summed E-state index contributed by atoms with van der Waals surface area (Å²) in [5, 5.41) is 12.3. The smallest absolute Gasteiger partial charge is 0.322 e. The van der Waals surface area contributed by atoms with E-state index in [0.717, 1.165) is 11.1 Å². The number of hydrogen-bond donors (Lipinski definition) is 2. The molecule has 144 valence electrons. The molecule has 2 N–H and O–H groups in total. The zero-order valence-electron chi connectivity index (χ0n) is 15.8. The number of aliphatic hydroxyl groups is 1. The van der Waals surface area contributed by atoms with Gasteiger partial charge in [0.1, 0.15) is 5.75 Å². The van der Waals surface area contributed by atoms with Gasteiger partial charge in [-0.1, -0.05) is 54.6 Å². The fourth-order valence-electron chi connectivity index (χ4n) is 2.84. The molecule has 0 saturated heterocycles. The van der Waals surface area contributed by atoms with Crippen LogP contribution in [0.3, 0.4) is 0 Å². The van der Waals surface area contributed by atoms with Crippen LogP contribution < -0.4 is 10.1 Å². The highest BCUT2D eigenvalue weighted by atomic mass is 16.5. The second kappa shape index (κ2) is 9.58. The van der Waals surface area contributed by atoms with Crippen LogP contribution in [0.2, 0.25) is 0 Å². The monoisotopic (exact) mass is 376 g/mol. The summed E-state index contributed by atoms with van der Waals surface area (Å²) in [4.78, 5) is 14.4. The van der Waals surface area contributed by atoms with Gasteiger partial charge in [-0.15, -0.1) is 0 Å². The molecule has 0 unspecified atom stereocenters. The van der Waals surface area contributed by atoms with Gasteiger partial charge < -0.3 is 20.1 Å². The highest BCUT2D eigenvalue weighted by Gasteiger charge is 2.16. The quantitative estimate of drug-likeness (QED) is 0.622. The first kappa shape index (κ1) is 19.5. The van der Waals surface area contributed by atoms with Crippen molar-refractivity contribution in [2.24, 2.45) is 0 Å². The van der Waals surface area contributed by atoms with Crippen molar-refractivity contribution in [3.05, 3.63) is 90.0 Å². The molecule has 0 radical (unpaired) electrons. The van der Waals surface area contributed by atoms with Crippen molar-refractivity contribution >= 4 is 11.7 Å². The maximum atomic E-state index is 12.8. The van der Waals surface area contributed by atoms with Gasteiger partial charge >= 0.3 is 6.03 Å². The third-order valence-corrected chi connectivity index (χ3v) is 4.22. The number of urea groups is 1. The Morgan fingerprint density at radius 3 is 2.50 bits per heavy atom. The first-order valence-corrected chi connectivity index (χ1v) is 9.20. The van der Waals surface area contributed by atoms with Crippen LogP contribution >= 0.6 is 0 Å². The molecule has 3 aromatic carbocycles. The number of nitrogens with zero attached hydrogens (tertiary/aromatic N) is 1. The molecule has 0 aliphatic carbocycles. The van der Waals surface area contributed by atoms with Crippen molar-refractivity contribution in [2.45, 2.75) is 13.5 Å². The van der Waals surface area contributed by atoms with Crippen molar-refractivity contribution in [1.82, 2.24) is 4.90 Å². The molecule has 3 rings (SSSR count). The van der Waals surface area contributed by atoms with Gasteiger partial charge in [-0.2, -0.15) is 0 Å². The van der Waals surface area contributed by atoms with E-state index in [1.807, 2.05) is 79.7 Å². The number of aliphatic hydroxyl groups excluding tert-OH is 1. The molecule has 2 amide bonds. The lowest BCUT2D eigenvalue weighted by Gasteiger charge is -2.23. The van der Waals surface area contributed by atoms with E-state index in [4.69, 9.17) is 4.74 Å². The van der Waals surface area contributed by atoms with Gasteiger partial charge in [0, 0.05) is 13.1 Å². The summed E-state index contributed by atoms with van der Waals surface area (Å²) in [6.45, 7) is 2.54. The van der Waals surface area contributed by atoms with Gasteiger partial charge in [-0.05, 0) is 42.3 Å². The summed E-state index contributed by atoms with van der Waals surface area (Å²) in [7, 11) is 0. The molecular weight excluding hydrogens is 352 g/mol. The molecule has 5 nitrogen and oxygen atoms in total. The Morgan fingerprint density at radius 1 is 1.00 bits per heavy atom. The van der Waals surface area contributed by atoms with Crippen molar-refractivity contribution in [3.63, 3.8) is 0 Å². The number of rotatable bonds is 7. The number of hydrogen-bond acceptors (Lipinski definition) is 3. The molecule has 0 spiro atoms. The molecule has 0 bridgehead atoms. The zero-order valence-corrected chi connectivity index (χ0v) is 15.8. The molecule has 3 aromatic rings. The number of ether oxygens (including phenoxy) is 1. The standard InChI is InChI=1S/C23H24N2O3/c1-18-8-7-11-20(16-18)28-22-13-6-5-12-21(22)24-23(27)25(14-15-26)17-19-9-3-2-4-10-19/h2-13,16,26H,14-15,17H2,1H3,(H,24,27). The fourth-order valence-corrected chi connectivity index (χ4v) is 2.84. The average molecular weight is 376 g/mol. The molecule has 0 atom stereocenters. The molecular formula is C23H24N2O3. The molecule has 0 saturated carbocycles. The van der Waals surface area contributed by atoms with Crippen molar-refractivity contribution in [3.8, 4) is 11.5 Å². The zero-order chi connectivity index (χ0) is 19.8. The number of anilines is 1. The largest absolute Gasteiger partial charge is 0.455 e. The van der Waals surface area contributed by atoms with Gasteiger partial charge in [0.25, 0.3) is 0 Å². The van der Waals surface area contributed by atoms with Crippen molar-refractivity contribution in [1.29, 1.82) is 0 Å². The lowest BCUT2D eigenvalue weighted by Crippen LogP contribution is -2.36. The molecule has 0 aliphatic rings. The molecule has 0 aliphatic heterocycles. The summed E-state index contributed by atoms with van der Waals surface area (Å²) >= 11 is 0. The van der Waals surface area contributed by atoms with Crippen molar-refractivity contribution in [2.75, 3.05) is 18.5 Å². The topological polar surface area (TPSA) is 61.8 Å². The third-order valence-electron chi connectivity index (χ3n) is 4.22. The van der Waals surface area contributed by atoms with E-state index in [-0.39, 0.29) is 19.2 Å². The Bertz CT molecular complexity index is 912. The molecule has 5 heteroatoms. The van der Waals surface area contributed by atoms with Crippen LogP contribution in [-0.2, 0) is 6.54 Å². The minimum Gasteiger partial charge on any atom is -0.455 e. The second-order valence-electron chi connectivity index (χ2n) is 6.48. The third kappa shape index (κ3) is 5.34. The number of aryl methyl sites for hydroxylation is 1. The SMILES string of the molecule is Cc1cccc(Oc2ccccc2NC(=O)N(CCO)Cc2ccccc2)c1. The highest BCUT2D eigenvalue weighted by molar-refractivity contribution is 5.91. The van der Waals surface area contributed by atoms with Crippen LogP contribution in [0.4, 0.5) is 10.5 Å². The minimum absolute atomic E-state index is 0.109. The number of amides is 2. The first-order valence-electron chi connectivity index (χ1n) is 9.20. The fraction of sp³-hybridized carbons (Fsp3) is 0.174. The first-order chi connectivity index (χ1) is 13.7. The van der Waals surface area contributed by atoms with E-state index in [1.54, 1.807) is 11.0 Å². The summed E-state index contributed by atoms with van der Waals surface area (Å²) in [5.41, 5.74) is 2.66. The number of carbonyl (C=O) groups is 1. The van der Waals surface area contributed by atoms with E-state index in [2.05, 4.69) is 5.32 Å². The summed E-state index contributed by atoms with van der Waals surface area (Å²) < 4.78 is 5.97. The number of benzene rings is 3. The Balaban J connectivity index is 1.75. The maximum Gasteiger partial charge on any atom is 0.322 e. The molecule has 0 aromatic heterocycles. The summed E-state index contributed by atoms with van der Waals surface area (Å²) in [6.07, 6.45) is 0. The number of nitrogens with one attached hydrogen (secondary N) is 1. The molecule has 0 heterocycles. The second-order valence-corrected chi connectivity index (χ2v) is 6.48.